The van der Waals surface area contributed by atoms with Gasteiger partial charge in [0, 0.05) is 6.20 Å². The zero-order valence-corrected chi connectivity index (χ0v) is 9.60. The van der Waals surface area contributed by atoms with Gasteiger partial charge in [0.2, 0.25) is 0 Å². The average molecular weight is 265 g/mol. The number of carbonyl (C=O) groups is 1. The molecule has 0 fully saturated rings. The van der Waals surface area contributed by atoms with Crippen molar-refractivity contribution in [3.63, 3.8) is 0 Å². The van der Waals surface area contributed by atoms with Gasteiger partial charge in [-0.05, 0) is 18.2 Å². The molecule has 2 N–H and O–H groups in total. The quantitative estimate of drug-likeness (QED) is 0.885. The van der Waals surface area contributed by atoms with E-state index in [4.69, 9.17) is 5.11 Å². The molecule has 0 bridgehead atoms. The molecular formula is C12H9F2N3O2. The summed E-state index contributed by atoms with van der Waals surface area (Å²) in [5, 5.41) is 11.5. The second-order valence-corrected chi connectivity index (χ2v) is 3.67. The van der Waals surface area contributed by atoms with E-state index in [1.807, 2.05) is 0 Å². The normalized spacial score (nSPS) is 10.2. The van der Waals surface area contributed by atoms with Gasteiger partial charge < -0.3 is 10.4 Å². The first-order valence-electron chi connectivity index (χ1n) is 5.29. The SMILES string of the molecule is O=C(O)c1cncnc1CNc1cc(F)ccc1F. The lowest BCUT2D eigenvalue weighted by molar-refractivity contribution is 0.0694. The van der Waals surface area contributed by atoms with Crippen molar-refractivity contribution in [2.75, 3.05) is 5.32 Å². The standard InChI is InChI=1S/C12H9F2N3O2/c13-7-1-2-9(14)10(3-7)16-5-11-8(12(18)19)4-15-6-17-11/h1-4,6,16H,5H2,(H,18,19). The second kappa shape index (κ2) is 5.38. The average Bonchev–Trinajstić information content (AvgIpc) is 2.40. The third-order valence-electron chi connectivity index (χ3n) is 2.40. The Morgan fingerprint density at radius 1 is 1.37 bits per heavy atom. The molecule has 2 aromatic rings. The van der Waals surface area contributed by atoms with Gasteiger partial charge in [-0.2, -0.15) is 0 Å². The van der Waals surface area contributed by atoms with Crippen molar-refractivity contribution in [3.8, 4) is 0 Å². The molecule has 0 aliphatic carbocycles. The van der Waals surface area contributed by atoms with Crippen LogP contribution in [0.5, 0.6) is 0 Å². The smallest absolute Gasteiger partial charge is 0.339 e. The van der Waals surface area contributed by atoms with Gasteiger partial charge in [-0.15, -0.1) is 0 Å². The molecule has 1 heterocycles. The maximum Gasteiger partial charge on any atom is 0.339 e. The van der Waals surface area contributed by atoms with Crippen LogP contribution in [0.1, 0.15) is 16.1 Å². The van der Waals surface area contributed by atoms with Crippen LogP contribution < -0.4 is 5.32 Å². The molecule has 5 nitrogen and oxygen atoms in total. The number of hydrogen-bond acceptors (Lipinski definition) is 4. The highest BCUT2D eigenvalue weighted by molar-refractivity contribution is 5.88. The maximum absolute atomic E-state index is 13.4. The lowest BCUT2D eigenvalue weighted by Gasteiger charge is -2.08. The summed E-state index contributed by atoms with van der Waals surface area (Å²) in [5.74, 6) is -2.41. The number of carboxylic acid groups (broad SMARTS) is 1. The van der Waals surface area contributed by atoms with Crippen molar-refractivity contribution in [1.82, 2.24) is 9.97 Å². The summed E-state index contributed by atoms with van der Waals surface area (Å²) < 4.78 is 26.3. The predicted octanol–water partition coefficient (Wildman–Crippen LogP) is 2.07. The van der Waals surface area contributed by atoms with Gasteiger partial charge in [-0.1, -0.05) is 0 Å². The summed E-state index contributed by atoms with van der Waals surface area (Å²) in [6.45, 7) is -0.0511. The van der Waals surface area contributed by atoms with Crippen LogP contribution in [0.3, 0.4) is 0 Å². The first-order chi connectivity index (χ1) is 9.08. The summed E-state index contributed by atoms with van der Waals surface area (Å²) >= 11 is 0. The maximum atomic E-state index is 13.4. The summed E-state index contributed by atoms with van der Waals surface area (Å²) in [6, 6.07) is 2.96. The van der Waals surface area contributed by atoms with E-state index >= 15 is 0 Å². The van der Waals surface area contributed by atoms with Crippen LogP contribution in [0, 0.1) is 11.6 Å². The van der Waals surface area contributed by atoms with E-state index in [-0.39, 0.29) is 23.5 Å². The minimum absolute atomic E-state index is 0.0511. The molecule has 1 aromatic carbocycles. The highest BCUT2D eigenvalue weighted by Crippen LogP contribution is 2.16. The summed E-state index contributed by atoms with van der Waals surface area (Å²) in [6.07, 6.45) is 2.33. The molecule has 0 saturated heterocycles. The molecule has 0 spiro atoms. The zero-order valence-electron chi connectivity index (χ0n) is 9.60. The van der Waals surface area contributed by atoms with E-state index in [9.17, 15) is 13.6 Å². The van der Waals surface area contributed by atoms with E-state index in [0.717, 1.165) is 24.4 Å². The van der Waals surface area contributed by atoms with Crippen molar-refractivity contribution >= 4 is 11.7 Å². The van der Waals surface area contributed by atoms with E-state index < -0.39 is 17.6 Å². The lowest BCUT2D eigenvalue weighted by atomic mass is 10.2. The van der Waals surface area contributed by atoms with Crippen LogP contribution in [0.25, 0.3) is 0 Å². The van der Waals surface area contributed by atoms with Gasteiger partial charge in [-0.25, -0.2) is 23.5 Å². The zero-order chi connectivity index (χ0) is 13.8. The molecule has 1 aromatic heterocycles. The van der Waals surface area contributed by atoms with Crippen LogP contribution in [0.15, 0.2) is 30.7 Å². The predicted molar refractivity (Wildman–Crippen MR) is 62.7 cm³/mol. The molecule has 2 rings (SSSR count). The van der Waals surface area contributed by atoms with Crippen molar-refractivity contribution in [3.05, 3.63) is 53.6 Å². The Hall–Kier alpha value is -2.57. The molecular weight excluding hydrogens is 256 g/mol. The largest absolute Gasteiger partial charge is 0.478 e. The summed E-state index contributed by atoms with van der Waals surface area (Å²) in [7, 11) is 0. The Balaban J connectivity index is 2.19. The van der Waals surface area contributed by atoms with Gasteiger partial charge >= 0.3 is 5.97 Å². The number of halogens is 2. The third kappa shape index (κ3) is 3.01. The molecule has 0 atom stereocenters. The van der Waals surface area contributed by atoms with E-state index in [1.165, 1.54) is 6.33 Å². The third-order valence-corrected chi connectivity index (χ3v) is 2.40. The minimum Gasteiger partial charge on any atom is -0.478 e. The molecule has 19 heavy (non-hydrogen) atoms. The Kier molecular flexibility index (Phi) is 3.65. The number of hydrogen-bond donors (Lipinski definition) is 2. The van der Waals surface area contributed by atoms with Gasteiger partial charge in [-0.3, -0.25) is 0 Å². The van der Waals surface area contributed by atoms with Crippen LogP contribution in [0.4, 0.5) is 14.5 Å². The Labute approximate surface area is 106 Å². The van der Waals surface area contributed by atoms with Gasteiger partial charge in [0.1, 0.15) is 23.5 Å². The van der Waals surface area contributed by atoms with Crippen LogP contribution in [-0.2, 0) is 6.54 Å². The first-order valence-corrected chi connectivity index (χ1v) is 5.29. The fourth-order valence-corrected chi connectivity index (χ4v) is 1.49. The summed E-state index contributed by atoms with van der Waals surface area (Å²) in [4.78, 5) is 18.3. The molecule has 0 saturated carbocycles. The van der Waals surface area contributed by atoms with E-state index in [1.54, 1.807) is 0 Å². The number of aromatic nitrogens is 2. The topological polar surface area (TPSA) is 75.1 Å². The molecule has 0 radical (unpaired) electrons. The monoisotopic (exact) mass is 265 g/mol. The number of aromatic carboxylic acids is 1. The molecule has 7 heteroatoms. The van der Waals surface area contributed by atoms with Crippen molar-refractivity contribution < 1.29 is 18.7 Å². The number of carboxylic acids is 1. The highest BCUT2D eigenvalue weighted by Gasteiger charge is 2.12. The number of benzene rings is 1. The fourth-order valence-electron chi connectivity index (χ4n) is 1.49. The molecule has 0 amide bonds. The van der Waals surface area contributed by atoms with Crippen molar-refractivity contribution in [1.29, 1.82) is 0 Å². The Bertz CT molecular complexity index is 620. The van der Waals surface area contributed by atoms with Crippen LogP contribution in [0.2, 0.25) is 0 Å². The van der Waals surface area contributed by atoms with Crippen LogP contribution in [-0.4, -0.2) is 21.0 Å². The van der Waals surface area contributed by atoms with E-state index in [0.29, 0.717) is 0 Å². The van der Waals surface area contributed by atoms with E-state index in [2.05, 4.69) is 15.3 Å². The molecule has 98 valence electrons. The molecule has 0 aliphatic heterocycles. The lowest BCUT2D eigenvalue weighted by Crippen LogP contribution is -2.10. The van der Waals surface area contributed by atoms with Gasteiger partial charge in [0.05, 0.1) is 17.9 Å². The Morgan fingerprint density at radius 3 is 2.89 bits per heavy atom. The Morgan fingerprint density at radius 2 is 2.16 bits per heavy atom. The first kappa shape index (κ1) is 12.9. The fraction of sp³-hybridized carbons (Fsp3) is 0.0833. The van der Waals surface area contributed by atoms with Crippen molar-refractivity contribution in [2.24, 2.45) is 0 Å². The molecule has 0 aliphatic rings. The second-order valence-electron chi connectivity index (χ2n) is 3.67. The van der Waals surface area contributed by atoms with Gasteiger partial charge in [0.25, 0.3) is 0 Å². The van der Waals surface area contributed by atoms with Crippen LogP contribution >= 0.6 is 0 Å². The highest BCUT2D eigenvalue weighted by atomic mass is 19.1. The summed E-state index contributed by atoms with van der Waals surface area (Å²) in [5.41, 5.74) is 0.0351. The number of anilines is 1. The number of nitrogens with zero attached hydrogens (tertiary/aromatic N) is 2. The van der Waals surface area contributed by atoms with Gasteiger partial charge in [0.15, 0.2) is 0 Å². The number of rotatable bonds is 4. The van der Waals surface area contributed by atoms with Crippen molar-refractivity contribution in [2.45, 2.75) is 6.54 Å². The molecule has 0 unspecified atom stereocenters. The minimum atomic E-state index is -1.18. The number of nitrogens with one attached hydrogen (secondary N) is 1.